The Morgan fingerprint density at radius 1 is 1.43 bits per heavy atom. The Morgan fingerprint density at radius 3 is 2.71 bits per heavy atom. The second-order valence-electron chi connectivity index (χ2n) is 4.71. The Bertz CT molecular complexity index is 171. The van der Waals surface area contributed by atoms with Crippen LogP contribution in [0.5, 0.6) is 0 Å². The molecule has 14 heavy (non-hydrogen) atoms. The molecule has 1 fully saturated rings. The molecule has 0 saturated heterocycles. The van der Waals surface area contributed by atoms with Crippen LogP contribution in [0.4, 0.5) is 0 Å². The summed E-state index contributed by atoms with van der Waals surface area (Å²) in [6, 6.07) is 0.401. The van der Waals surface area contributed by atoms with Gasteiger partial charge in [-0.2, -0.15) is 0 Å². The van der Waals surface area contributed by atoms with E-state index >= 15 is 0 Å². The second kappa shape index (κ2) is 5.10. The van der Waals surface area contributed by atoms with Crippen molar-refractivity contribution in [2.24, 2.45) is 5.92 Å². The first kappa shape index (κ1) is 12.0. The second-order valence-corrected chi connectivity index (χ2v) is 4.71. The summed E-state index contributed by atoms with van der Waals surface area (Å²) in [5.41, 5.74) is -0.609. The van der Waals surface area contributed by atoms with Crippen LogP contribution in [0, 0.1) is 5.92 Å². The van der Waals surface area contributed by atoms with Gasteiger partial charge in [-0.25, -0.2) is 0 Å². The zero-order chi connectivity index (χ0) is 10.6. The first-order valence-corrected chi connectivity index (χ1v) is 5.65. The standard InChI is InChI=1S/C11H23NO2/c1-3-11(2,14)8-12-10-6-4-5-9(10)7-13/h9-10,12-14H,3-8H2,1-2H3. The number of aliphatic hydroxyl groups excluding tert-OH is 1. The van der Waals surface area contributed by atoms with Crippen LogP contribution >= 0.6 is 0 Å². The van der Waals surface area contributed by atoms with Crippen molar-refractivity contribution in [1.82, 2.24) is 5.32 Å². The molecule has 3 heteroatoms. The molecule has 3 nitrogen and oxygen atoms in total. The van der Waals surface area contributed by atoms with Crippen LogP contribution in [0.1, 0.15) is 39.5 Å². The maximum Gasteiger partial charge on any atom is 0.0741 e. The van der Waals surface area contributed by atoms with Crippen LogP contribution in [0.3, 0.4) is 0 Å². The summed E-state index contributed by atoms with van der Waals surface area (Å²) < 4.78 is 0. The van der Waals surface area contributed by atoms with Gasteiger partial charge in [-0.1, -0.05) is 13.3 Å². The Morgan fingerprint density at radius 2 is 2.14 bits per heavy atom. The zero-order valence-corrected chi connectivity index (χ0v) is 9.29. The van der Waals surface area contributed by atoms with Crippen molar-refractivity contribution < 1.29 is 10.2 Å². The van der Waals surface area contributed by atoms with Crippen molar-refractivity contribution in [3.63, 3.8) is 0 Å². The molecule has 84 valence electrons. The lowest BCUT2D eigenvalue weighted by Gasteiger charge is -2.26. The molecule has 1 saturated carbocycles. The van der Waals surface area contributed by atoms with Crippen LogP contribution in [-0.2, 0) is 0 Å². The van der Waals surface area contributed by atoms with E-state index in [9.17, 15) is 5.11 Å². The predicted octanol–water partition coefficient (Wildman–Crippen LogP) is 0.898. The van der Waals surface area contributed by atoms with Gasteiger partial charge in [0.05, 0.1) is 5.60 Å². The maximum atomic E-state index is 9.82. The quantitative estimate of drug-likeness (QED) is 0.619. The van der Waals surface area contributed by atoms with Crippen molar-refractivity contribution in [1.29, 1.82) is 0 Å². The fraction of sp³-hybridized carbons (Fsp3) is 1.00. The molecule has 0 amide bonds. The van der Waals surface area contributed by atoms with Gasteiger partial charge >= 0.3 is 0 Å². The minimum atomic E-state index is -0.609. The summed E-state index contributed by atoms with van der Waals surface area (Å²) in [6.45, 7) is 4.74. The molecule has 0 radical (unpaired) electrons. The van der Waals surface area contributed by atoms with Crippen LogP contribution in [0.15, 0.2) is 0 Å². The highest BCUT2D eigenvalue weighted by Gasteiger charge is 2.28. The summed E-state index contributed by atoms with van der Waals surface area (Å²) in [4.78, 5) is 0. The van der Waals surface area contributed by atoms with E-state index in [1.54, 1.807) is 0 Å². The van der Waals surface area contributed by atoms with Gasteiger partial charge in [0.15, 0.2) is 0 Å². The van der Waals surface area contributed by atoms with Gasteiger partial charge in [0, 0.05) is 19.2 Å². The molecular weight excluding hydrogens is 178 g/mol. The molecule has 3 unspecified atom stereocenters. The van der Waals surface area contributed by atoms with Crippen molar-refractivity contribution in [3.05, 3.63) is 0 Å². The van der Waals surface area contributed by atoms with E-state index in [1.165, 1.54) is 6.42 Å². The summed E-state index contributed by atoms with van der Waals surface area (Å²) in [5, 5.41) is 22.3. The first-order chi connectivity index (χ1) is 6.59. The van der Waals surface area contributed by atoms with Gasteiger partial charge in [-0.05, 0) is 32.1 Å². The topological polar surface area (TPSA) is 52.5 Å². The smallest absolute Gasteiger partial charge is 0.0741 e. The minimum absolute atomic E-state index is 0.270. The lowest BCUT2D eigenvalue weighted by Crippen LogP contribution is -2.44. The van der Waals surface area contributed by atoms with E-state index in [0.29, 0.717) is 18.5 Å². The van der Waals surface area contributed by atoms with Gasteiger partial charge in [0.25, 0.3) is 0 Å². The zero-order valence-electron chi connectivity index (χ0n) is 9.29. The molecule has 0 aromatic heterocycles. The molecule has 1 rings (SSSR count). The molecule has 0 aromatic carbocycles. The summed E-state index contributed by atoms with van der Waals surface area (Å²) in [7, 11) is 0. The molecular formula is C11H23NO2. The fourth-order valence-electron chi connectivity index (χ4n) is 2.00. The van der Waals surface area contributed by atoms with E-state index in [1.807, 2.05) is 13.8 Å². The molecule has 0 spiro atoms. The van der Waals surface area contributed by atoms with E-state index in [-0.39, 0.29) is 6.61 Å². The van der Waals surface area contributed by atoms with E-state index in [2.05, 4.69) is 5.32 Å². The van der Waals surface area contributed by atoms with Crippen LogP contribution < -0.4 is 5.32 Å². The van der Waals surface area contributed by atoms with Gasteiger partial charge in [0.1, 0.15) is 0 Å². The highest BCUT2D eigenvalue weighted by atomic mass is 16.3. The fourth-order valence-corrected chi connectivity index (χ4v) is 2.00. The van der Waals surface area contributed by atoms with E-state index < -0.39 is 5.60 Å². The number of hydrogen-bond acceptors (Lipinski definition) is 3. The van der Waals surface area contributed by atoms with E-state index in [0.717, 1.165) is 19.3 Å². The Balaban J connectivity index is 2.30. The third-order valence-corrected chi connectivity index (χ3v) is 3.40. The number of rotatable bonds is 5. The third kappa shape index (κ3) is 3.23. The van der Waals surface area contributed by atoms with Crippen molar-refractivity contribution in [3.8, 4) is 0 Å². The summed E-state index contributed by atoms with van der Waals surface area (Å²) in [6.07, 6.45) is 4.20. The third-order valence-electron chi connectivity index (χ3n) is 3.40. The lowest BCUT2D eigenvalue weighted by atomic mass is 10.0. The van der Waals surface area contributed by atoms with Gasteiger partial charge in [-0.3, -0.25) is 0 Å². The summed E-state index contributed by atoms with van der Waals surface area (Å²) in [5.74, 6) is 0.391. The molecule has 0 heterocycles. The molecule has 0 aliphatic heterocycles. The molecule has 1 aliphatic rings. The van der Waals surface area contributed by atoms with Crippen LogP contribution in [0.2, 0.25) is 0 Å². The Labute approximate surface area is 86.5 Å². The summed E-state index contributed by atoms with van der Waals surface area (Å²) >= 11 is 0. The van der Waals surface area contributed by atoms with E-state index in [4.69, 9.17) is 5.11 Å². The number of hydrogen-bond donors (Lipinski definition) is 3. The Hall–Kier alpha value is -0.120. The Kier molecular flexibility index (Phi) is 4.35. The highest BCUT2D eigenvalue weighted by molar-refractivity contribution is 4.85. The lowest BCUT2D eigenvalue weighted by molar-refractivity contribution is 0.0497. The molecule has 0 bridgehead atoms. The average molecular weight is 201 g/mol. The van der Waals surface area contributed by atoms with Crippen molar-refractivity contribution >= 4 is 0 Å². The molecule has 3 atom stereocenters. The van der Waals surface area contributed by atoms with Crippen molar-refractivity contribution in [2.75, 3.05) is 13.2 Å². The highest BCUT2D eigenvalue weighted by Crippen LogP contribution is 2.25. The predicted molar refractivity (Wildman–Crippen MR) is 57.1 cm³/mol. The van der Waals surface area contributed by atoms with Crippen LogP contribution in [0.25, 0.3) is 0 Å². The molecule has 0 aromatic rings. The van der Waals surface area contributed by atoms with Crippen LogP contribution in [-0.4, -0.2) is 35.0 Å². The monoisotopic (exact) mass is 201 g/mol. The van der Waals surface area contributed by atoms with Gasteiger partial charge < -0.3 is 15.5 Å². The largest absolute Gasteiger partial charge is 0.396 e. The average Bonchev–Trinajstić information content (AvgIpc) is 2.62. The minimum Gasteiger partial charge on any atom is -0.396 e. The molecule has 1 aliphatic carbocycles. The van der Waals surface area contributed by atoms with Gasteiger partial charge in [0.2, 0.25) is 0 Å². The normalized spacial score (nSPS) is 31.7. The van der Waals surface area contributed by atoms with Crippen molar-refractivity contribution in [2.45, 2.75) is 51.2 Å². The SMILES string of the molecule is CCC(C)(O)CNC1CCCC1CO. The van der Waals surface area contributed by atoms with Gasteiger partial charge in [-0.15, -0.1) is 0 Å². The maximum absolute atomic E-state index is 9.82. The number of aliphatic hydroxyl groups is 2. The molecule has 3 N–H and O–H groups in total. The first-order valence-electron chi connectivity index (χ1n) is 5.65. The number of nitrogens with one attached hydrogen (secondary N) is 1.